The van der Waals surface area contributed by atoms with E-state index in [-0.39, 0.29) is 11.4 Å². The zero-order chi connectivity index (χ0) is 15.5. The third kappa shape index (κ3) is 3.32. The van der Waals surface area contributed by atoms with Crippen molar-refractivity contribution >= 4 is 15.7 Å². The minimum absolute atomic E-state index is 0.0543. The molecule has 2 aromatic rings. The Balaban J connectivity index is 2.35. The molecule has 112 valence electrons. The van der Waals surface area contributed by atoms with E-state index in [1.165, 1.54) is 12.3 Å². The number of benzene rings is 1. The van der Waals surface area contributed by atoms with Gasteiger partial charge in [-0.3, -0.25) is 9.71 Å². The lowest BCUT2D eigenvalue weighted by molar-refractivity contribution is 0.412. The van der Waals surface area contributed by atoms with E-state index in [0.29, 0.717) is 17.1 Å². The van der Waals surface area contributed by atoms with E-state index in [0.717, 1.165) is 5.56 Å². The van der Waals surface area contributed by atoms with Crippen LogP contribution in [0.15, 0.2) is 41.4 Å². The lowest BCUT2D eigenvalue weighted by Crippen LogP contribution is -2.17. The SMILES string of the molecule is COc1ccc(NS(=O)(=O)c2cccnc2CN)cc1C. The highest BCUT2D eigenvalue weighted by molar-refractivity contribution is 7.92. The van der Waals surface area contributed by atoms with Crippen LogP contribution in [0.1, 0.15) is 11.3 Å². The van der Waals surface area contributed by atoms with E-state index in [1.54, 1.807) is 31.4 Å². The maximum Gasteiger partial charge on any atom is 0.263 e. The monoisotopic (exact) mass is 307 g/mol. The molecule has 21 heavy (non-hydrogen) atoms. The molecule has 2 rings (SSSR count). The third-order valence-corrected chi connectivity index (χ3v) is 4.43. The Hall–Kier alpha value is -2.12. The predicted molar refractivity (Wildman–Crippen MR) is 80.7 cm³/mol. The van der Waals surface area contributed by atoms with Crippen molar-refractivity contribution in [3.8, 4) is 5.75 Å². The Kier molecular flexibility index (Phi) is 4.44. The molecule has 0 aliphatic rings. The number of nitrogens with zero attached hydrogens (tertiary/aromatic N) is 1. The number of hydrogen-bond acceptors (Lipinski definition) is 5. The summed E-state index contributed by atoms with van der Waals surface area (Å²) in [6.45, 7) is 1.89. The van der Waals surface area contributed by atoms with E-state index >= 15 is 0 Å². The molecule has 0 fully saturated rings. The Labute approximate surface area is 124 Å². The van der Waals surface area contributed by atoms with Crippen molar-refractivity contribution in [3.05, 3.63) is 47.8 Å². The van der Waals surface area contributed by atoms with Gasteiger partial charge in [0.1, 0.15) is 10.6 Å². The summed E-state index contributed by atoms with van der Waals surface area (Å²) >= 11 is 0. The van der Waals surface area contributed by atoms with Crippen LogP contribution in [-0.2, 0) is 16.6 Å². The first-order chi connectivity index (χ1) is 9.97. The first-order valence-corrected chi connectivity index (χ1v) is 7.77. The molecule has 1 aromatic heterocycles. The molecule has 0 atom stereocenters. The summed E-state index contributed by atoms with van der Waals surface area (Å²) in [7, 11) is -2.16. The van der Waals surface area contributed by atoms with Gasteiger partial charge in [0.2, 0.25) is 0 Å². The molecule has 0 saturated carbocycles. The van der Waals surface area contributed by atoms with Gasteiger partial charge in [0.05, 0.1) is 12.8 Å². The average Bonchev–Trinajstić information content (AvgIpc) is 2.47. The summed E-state index contributed by atoms with van der Waals surface area (Å²) in [5.74, 6) is 0.696. The number of ether oxygens (including phenoxy) is 1. The lowest BCUT2D eigenvalue weighted by Gasteiger charge is -2.12. The quantitative estimate of drug-likeness (QED) is 0.876. The predicted octanol–water partition coefficient (Wildman–Crippen LogP) is 1.66. The van der Waals surface area contributed by atoms with Crippen LogP contribution in [0.3, 0.4) is 0 Å². The minimum Gasteiger partial charge on any atom is -0.496 e. The van der Waals surface area contributed by atoms with Gasteiger partial charge in [-0.15, -0.1) is 0 Å². The van der Waals surface area contributed by atoms with E-state index in [9.17, 15) is 8.42 Å². The second-order valence-corrected chi connectivity index (χ2v) is 6.09. The molecule has 0 saturated heterocycles. The Bertz CT molecular complexity index is 745. The summed E-state index contributed by atoms with van der Waals surface area (Å²) in [6, 6.07) is 8.10. The van der Waals surface area contributed by atoms with Crippen molar-refractivity contribution in [2.24, 2.45) is 5.73 Å². The lowest BCUT2D eigenvalue weighted by atomic mass is 10.2. The number of hydrogen-bond donors (Lipinski definition) is 2. The maximum absolute atomic E-state index is 12.4. The van der Waals surface area contributed by atoms with E-state index < -0.39 is 10.0 Å². The minimum atomic E-state index is -3.73. The van der Waals surface area contributed by atoms with Crippen molar-refractivity contribution < 1.29 is 13.2 Å². The summed E-state index contributed by atoms with van der Waals surface area (Å²) in [5.41, 5.74) is 7.15. The van der Waals surface area contributed by atoms with Crippen molar-refractivity contribution in [2.75, 3.05) is 11.8 Å². The molecule has 0 aliphatic heterocycles. The van der Waals surface area contributed by atoms with Gasteiger partial charge in [0, 0.05) is 18.4 Å². The van der Waals surface area contributed by atoms with Gasteiger partial charge in [-0.2, -0.15) is 0 Å². The average molecular weight is 307 g/mol. The van der Waals surface area contributed by atoms with Gasteiger partial charge in [-0.25, -0.2) is 8.42 Å². The van der Waals surface area contributed by atoms with Crippen LogP contribution in [-0.4, -0.2) is 20.5 Å². The third-order valence-electron chi connectivity index (χ3n) is 2.98. The van der Waals surface area contributed by atoms with E-state index in [4.69, 9.17) is 10.5 Å². The van der Waals surface area contributed by atoms with Crippen LogP contribution >= 0.6 is 0 Å². The van der Waals surface area contributed by atoms with Crippen LogP contribution in [0.2, 0.25) is 0 Å². The first-order valence-electron chi connectivity index (χ1n) is 6.29. The van der Waals surface area contributed by atoms with Gasteiger partial charge < -0.3 is 10.5 Å². The van der Waals surface area contributed by atoms with Crippen molar-refractivity contribution in [1.29, 1.82) is 0 Å². The summed E-state index contributed by atoms with van der Waals surface area (Å²) < 4.78 is 32.5. The van der Waals surface area contributed by atoms with Gasteiger partial charge in [0.15, 0.2) is 0 Å². The molecule has 0 unspecified atom stereocenters. The van der Waals surface area contributed by atoms with Crippen molar-refractivity contribution in [2.45, 2.75) is 18.4 Å². The molecule has 0 spiro atoms. The van der Waals surface area contributed by atoms with Crippen molar-refractivity contribution in [1.82, 2.24) is 4.98 Å². The Morgan fingerprint density at radius 1 is 1.33 bits per heavy atom. The first kappa shape index (κ1) is 15.3. The fourth-order valence-corrected chi connectivity index (χ4v) is 3.22. The normalized spacial score (nSPS) is 11.2. The van der Waals surface area contributed by atoms with Gasteiger partial charge in [0.25, 0.3) is 10.0 Å². The zero-order valence-corrected chi connectivity index (χ0v) is 12.6. The molecule has 1 heterocycles. The van der Waals surface area contributed by atoms with E-state index in [1.807, 2.05) is 6.92 Å². The fraction of sp³-hybridized carbons (Fsp3) is 0.214. The number of nitrogens with one attached hydrogen (secondary N) is 1. The number of rotatable bonds is 5. The van der Waals surface area contributed by atoms with Crippen LogP contribution in [0.4, 0.5) is 5.69 Å². The van der Waals surface area contributed by atoms with Crippen LogP contribution in [0.5, 0.6) is 5.75 Å². The van der Waals surface area contributed by atoms with Gasteiger partial charge in [-0.05, 0) is 42.8 Å². The number of sulfonamides is 1. The molecular formula is C14H17N3O3S. The molecular weight excluding hydrogens is 290 g/mol. The number of anilines is 1. The summed E-state index contributed by atoms with van der Waals surface area (Å²) in [6.07, 6.45) is 1.51. The highest BCUT2D eigenvalue weighted by Crippen LogP contribution is 2.24. The highest BCUT2D eigenvalue weighted by Gasteiger charge is 2.18. The standard InChI is InChI=1S/C14H17N3O3S/c1-10-8-11(5-6-13(10)20-2)17-21(18,19)14-4-3-7-16-12(14)9-15/h3-8,17H,9,15H2,1-2H3. The second-order valence-electron chi connectivity index (χ2n) is 4.44. The van der Waals surface area contributed by atoms with Gasteiger partial charge in [-0.1, -0.05) is 0 Å². The molecule has 6 nitrogen and oxygen atoms in total. The fourth-order valence-electron chi connectivity index (χ4n) is 1.97. The molecule has 7 heteroatoms. The maximum atomic E-state index is 12.4. The molecule has 0 aliphatic carbocycles. The summed E-state index contributed by atoms with van der Waals surface area (Å²) in [4.78, 5) is 4.07. The smallest absolute Gasteiger partial charge is 0.263 e. The molecule has 3 N–H and O–H groups in total. The number of aromatic nitrogens is 1. The number of aryl methyl sites for hydroxylation is 1. The number of pyridine rings is 1. The molecule has 1 aromatic carbocycles. The second kappa shape index (κ2) is 6.11. The Morgan fingerprint density at radius 3 is 2.71 bits per heavy atom. The molecule has 0 radical (unpaired) electrons. The molecule has 0 amide bonds. The van der Waals surface area contributed by atoms with Crippen LogP contribution < -0.4 is 15.2 Å². The summed E-state index contributed by atoms with van der Waals surface area (Å²) in [5, 5.41) is 0. The largest absolute Gasteiger partial charge is 0.496 e. The van der Waals surface area contributed by atoms with Crippen LogP contribution in [0.25, 0.3) is 0 Å². The molecule has 0 bridgehead atoms. The van der Waals surface area contributed by atoms with E-state index in [2.05, 4.69) is 9.71 Å². The number of nitrogens with two attached hydrogens (primary N) is 1. The van der Waals surface area contributed by atoms with Crippen molar-refractivity contribution in [3.63, 3.8) is 0 Å². The van der Waals surface area contributed by atoms with Crippen LogP contribution in [0, 0.1) is 6.92 Å². The Morgan fingerprint density at radius 2 is 2.10 bits per heavy atom. The van der Waals surface area contributed by atoms with Gasteiger partial charge >= 0.3 is 0 Å². The highest BCUT2D eigenvalue weighted by atomic mass is 32.2. The topological polar surface area (TPSA) is 94.3 Å². The zero-order valence-electron chi connectivity index (χ0n) is 11.8. The number of methoxy groups -OCH3 is 1.